The molecule has 2 heterocycles. The lowest BCUT2D eigenvalue weighted by atomic mass is 10.1. The fourth-order valence-corrected chi connectivity index (χ4v) is 3.34. The molecule has 1 aromatic heterocycles. The third-order valence-corrected chi connectivity index (χ3v) is 5.09. The average Bonchev–Trinajstić information content (AvgIpc) is 2.75. The Hall–Kier alpha value is -3.03. The van der Waals surface area contributed by atoms with Crippen LogP contribution in [0.5, 0.6) is 0 Å². The van der Waals surface area contributed by atoms with Crippen LogP contribution in [-0.4, -0.2) is 70.9 Å². The van der Waals surface area contributed by atoms with Gasteiger partial charge >= 0.3 is 0 Å². The summed E-state index contributed by atoms with van der Waals surface area (Å²) in [6.07, 6.45) is 4.35. The zero-order valence-electron chi connectivity index (χ0n) is 16.6. The van der Waals surface area contributed by atoms with Crippen molar-refractivity contribution >= 4 is 17.8 Å². The van der Waals surface area contributed by atoms with E-state index in [0.717, 1.165) is 5.56 Å². The van der Waals surface area contributed by atoms with E-state index in [4.69, 9.17) is 0 Å². The predicted molar refractivity (Wildman–Crippen MR) is 108 cm³/mol. The van der Waals surface area contributed by atoms with E-state index in [-0.39, 0.29) is 17.6 Å². The van der Waals surface area contributed by atoms with E-state index in [1.54, 1.807) is 35.5 Å². The van der Waals surface area contributed by atoms with Crippen LogP contribution in [0.1, 0.15) is 18.9 Å². The highest BCUT2D eigenvalue weighted by atomic mass is 19.1. The smallest absolute Gasteiger partial charge is 0.225 e. The van der Waals surface area contributed by atoms with E-state index in [9.17, 15) is 14.0 Å². The number of rotatable bonds is 7. The summed E-state index contributed by atoms with van der Waals surface area (Å²) >= 11 is 0. The van der Waals surface area contributed by atoms with Crippen LogP contribution in [0.25, 0.3) is 0 Å². The molecule has 154 valence electrons. The number of benzene rings is 1. The van der Waals surface area contributed by atoms with E-state index in [0.29, 0.717) is 58.1 Å². The highest BCUT2D eigenvalue weighted by Crippen LogP contribution is 2.11. The molecule has 1 fully saturated rings. The summed E-state index contributed by atoms with van der Waals surface area (Å²) in [7, 11) is 0. The second-order valence-corrected chi connectivity index (χ2v) is 7.05. The summed E-state index contributed by atoms with van der Waals surface area (Å²) in [6.45, 7) is 5.02. The molecule has 0 saturated carbocycles. The van der Waals surface area contributed by atoms with Crippen LogP contribution >= 0.6 is 0 Å². The molecule has 1 saturated heterocycles. The van der Waals surface area contributed by atoms with Crippen molar-refractivity contribution in [1.29, 1.82) is 0 Å². The van der Waals surface area contributed by atoms with Crippen LogP contribution in [-0.2, 0) is 16.0 Å². The zero-order valence-corrected chi connectivity index (χ0v) is 16.6. The number of anilines is 1. The molecule has 2 aromatic rings. The lowest BCUT2D eigenvalue weighted by Crippen LogP contribution is -2.49. The second-order valence-electron chi connectivity index (χ2n) is 7.05. The Labute approximate surface area is 170 Å². The number of piperazine rings is 1. The maximum absolute atomic E-state index is 13.0. The molecule has 0 bridgehead atoms. The zero-order chi connectivity index (χ0) is 20.6. The topological polar surface area (TPSA) is 69.6 Å². The van der Waals surface area contributed by atoms with Gasteiger partial charge in [0.2, 0.25) is 17.8 Å². The third kappa shape index (κ3) is 5.97. The Morgan fingerprint density at radius 2 is 1.69 bits per heavy atom. The van der Waals surface area contributed by atoms with Crippen molar-refractivity contribution < 1.29 is 14.0 Å². The molecule has 1 aliphatic heterocycles. The Kier molecular flexibility index (Phi) is 7.10. The first kappa shape index (κ1) is 20.7. The maximum Gasteiger partial charge on any atom is 0.225 e. The molecule has 0 atom stereocenters. The normalized spacial score (nSPS) is 14.0. The van der Waals surface area contributed by atoms with Crippen LogP contribution in [0.15, 0.2) is 42.7 Å². The van der Waals surface area contributed by atoms with Crippen molar-refractivity contribution in [2.75, 3.05) is 44.2 Å². The van der Waals surface area contributed by atoms with Crippen LogP contribution in [0.3, 0.4) is 0 Å². The SMILES string of the molecule is CC(=O)N(CCC(=O)N1CCN(c2ncccn2)CC1)CCc1ccc(F)cc1. The van der Waals surface area contributed by atoms with E-state index in [1.165, 1.54) is 19.1 Å². The van der Waals surface area contributed by atoms with Gasteiger partial charge < -0.3 is 14.7 Å². The summed E-state index contributed by atoms with van der Waals surface area (Å²) in [4.78, 5) is 38.6. The van der Waals surface area contributed by atoms with Crippen molar-refractivity contribution in [2.24, 2.45) is 0 Å². The highest BCUT2D eigenvalue weighted by molar-refractivity contribution is 5.78. The fourth-order valence-electron chi connectivity index (χ4n) is 3.34. The minimum absolute atomic E-state index is 0.0478. The van der Waals surface area contributed by atoms with Gasteiger partial charge in [0.15, 0.2) is 0 Å². The predicted octanol–water partition coefficient (Wildman–Crippen LogP) is 1.75. The Bertz CT molecular complexity index is 808. The molecule has 2 amide bonds. The third-order valence-electron chi connectivity index (χ3n) is 5.09. The lowest BCUT2D eigenvalue weighted by molar-refractivity contribution is -0.133. The Morgan fingerprint density at radius 1 is 1.03 bits per heavy atom. The molecular formula is C21H26FN5O2. The summed E-state index contributed by atoms with van der Waals surface area (Å²) in [5.74, 6) is 0.391. The summed E-state index contributed by atoms with van der Waals surface area (Å²) in [5, 5.41) is 0. The lowest BCUT2D eigenvalue weighted by Gasteiger charge is -2.35. The van der Waals surface area contributed by atoms with Gasteiger partial charge in [0.25, 0.3) is 0 Å². The first-order valence-electron chi connectivity index (χ1n) is 9.82. The van der Waals surface area contributed by atoms with E-state index in [1.807, 2.05) is 4.90 Å². The van der Waals surface area contributed by atoms with Crippen molar-refractivity contribution in [1.82, 2.24) is 19.8 Å². The van der Waals surface area contributed by atoms with Gasteiger partial charge in [-0.15, -0.1) is 0 Å². The monoisotopic (exact) mass is 399 g/mol. The van der Waals surface area contributed by atoms with Gasteiger partial charge in [0.1, 0.15) is 5.82 Å². The molecule has 8 heteroatoms. The van der Waals surface area contributed by atoms with Gasteiger partial charge in [0.05, 0.1) is 0 Å². The summed E-state index contributed by atoms with van der Waals surface area (Å²) < 4.78 is 13.0. The molecule has 0 unspecified atom stereocenters. The second kappa shape index (κ2) is 9.95. The van der Waals surface area contributed by atoms with Gasteiger partial charge in [-0.3, -0.25) is 9.59 Å². The van der Waals surface area contributed by atoms with Crippen molar-refractivity contribution in [3.05, 3.63) is 54.1 Å². The van der Waals surface area contributed by atoms with E-state index in [2.05, 4.69) is 14.9 Å². The number of carbonyl (C=O) groups is 2. The summed E-state index contributed by atoms with van der Waals surface area (Å²) in [5.41, 5.74) is 0.961. The van der Waals surface area contributed by atoms with Crippen LogP contribution in [0, 0.1) is 5.82 Å². The molecule has 0 aliphatic carbocycles. The molecule has 0 N–H and O–H groups in total. The molecule has 7 nitrogen and oxygen atoms in total. The number of hydrogen-bond acceptors (Lipinski definition) is 5. The van der Waals surface area contributed by atoms with Gasteiger partial charge in [0, 0.05) is 65.0 Å². The standard InChI is InChI=1S/C21H26FN5O2/c1-17(28)25(11-7-18-3-5-19(22)6-4-18)12-8-20(29)26-13-15-27(16-14-26)21-23-9-2-10-24-21/h2-6,9-10H,7-8,11-16H2,1H3. The first-order valence-corrected chi connectivity index (χ1v) is 9.82. The average molecular weight is 399 g/mol. The quantitative estimate of drug-likeness (QED) is 0.710. The first-order chi connectivity index (χ1) is 14.0. The van der Waals surface area contributed by atoms with Crippen LogP contribution < -0.4 is 4.90 Å². The largest absolute Gasteiger partial charge is 0.342 e. The van der Waals surface area contributed by atoms with Crippen molar-refractivity contribution in [2.45, 2.75) is 19.8 Å². The van der Waals surface area contributed by atoms with Gasteiger partial charge in [-0.2, -0.15) is 0 Å². The van der Waals surface area contributed by atoms with Gasteiger partial charge in [-0.1, -0.05) is 12.1 Å². The van der Waals surface area contributed by atoms with Crippen molar-refractivity contribution in [3.8, 4) is 0 Å². The van der Waals surface area contributed by atoms with Gasteiger partial charge in [-0.05, 0) is 30.2 Å². The number of amides is 2. The fraction of sp³-hybridized carbons (Fsp3) is 0.429. The number of hydrogen-bond donors (Lipinski definition) is 0. The summed E-state index contributed by atoms with van der Waals surface area (Å²) in [6, 6.07) is 8.04. The van der Waals surface area contributed by atoms with Crippen molar-refractivity contribution in [3.63, 3.8) is 0 Å². The Morgan fingerprint density at radius 3 is 2.31 bits per heavy atom. The van der Waals surface area contributed by atoms with E-state index < -0.39 is 0 Å². The van der Waals surface area contributed by atoms with E-state index >= 15 is 0 Å². The number of halogens is 1. The van der Waals surface area contributed by atoms with Gasteiger partial charge in [-0.25, -0.2) is 14.4 Å². The molecule has 1 aliphatic rings. The molecule has 3 rings (SSSR count). The highest BCUT2D eigenvalue weighted by Gasteiger charge is 2.23. The Balaban J connectivity index is 1.44. The number of carbonyl (C=O) groups excluding carboxylic acids is 2. The molecular weight excluding hydrogens is 373 g/mol. The molecule has 0 spiro atoms. The number of aromatic nitrogens is 2. The number of nitrogens with zero attached hydrogens (tertiary/aromatic N) is 5. The minimum Gasteiger partial charge on any atom is -0.342 e. The molecule has 1 aromatic carbocycles. The molecule has 0 radical (unpaired) electrons. The van der Waals surface area contributed by atoms with Crippen LogP contribution in [0.2, 0.25) is 0 Å². The molecule has 29 heavy (non-hydrogen) atoms. The maximum atomic E-state index is 13.0. The minimum atomic E-state index is -0.276. The van der Waals surface area contributed by atoms with Crippen LogP contribution in [0.4, 0.5) is 10.3 Å².